The maximum Gasteiger partial charge on any atom is 0.242 e. The summed E-state index contributed by atoms with van der Waals surface area (Å²) < 4.78 is 6.20. The zero-order valence-electron chi connectivity index (χ0n) is 12.7. The molecule has 124 valence electrons. The van der Waals surface area contributed by atoms with Crippen LogP contribution in [0, 0.1) is 11.3 Å². The molecule has 1 atom stereocenters. The van der Waals surface area contributed by atoms with Gasteiger partial charge in [0.1, 0.15) is 17.0 Å². The predicted molar refractivity (Wildman–Crippen MR) is 91.3 cm³/mol. The smallest absolute Gasteiger partial charge is 0.242 e. The van der Waals surface area contributed by atoms with Gasteiger partial charge in [-0.15, -0.1) is 0 Å². The normalized spacial score (nSPS) is 20.4. The molecule has 1 unspecified atom stereocenters. The van der Waals surface area contributed by atoms with Crippen molar-refractivity contribution < 1.29 is 14.3 Å². The lowest BCUT2D eigenvalue weighted by atomic mass is 10.3. The molecule has 3 rings (SSSR count). The van der Waals surface area contributed by atoms with Gasteiger partial charge in [-0.05, 0) is 6.07 Å². The number of rotatable bonds is 4. The zero-order chi connectivity index (χ0) is 17.1. The number of nitrogens with zero attached hydrogens (tertiary/aromatic N) is 4. The fourth-order valence-corrected chi connectivity index (χ4v) is 3.60. The van der Waals surface area contributed by atoms with Crippen LogP contribution >= 0.6 is 24.0 Å². The second-order valence-electron chi connectivity index (χ2n) is 5.40. The first-order valence-corrected chi connectivity index (χ1v) is 8.74. The summed E-state index contributed by atoms with van der Waals surface area (Å²) in [6.07, 6.45) is 2.02. The number of hydrogen-bond acceptors (Lipinski definition) is 7. The van der Waals surface area contributed by atoms with Crippen molar-refractivity contribution in [3.63, 3.8) is 0 Å². The van der Waals surface area contributed by atoms with Gasteiger partial charge in [0, 0.05) is 25.2 Å². The number of nitriles is 1. The maximum absolute atomic E-state index is 12.3. The van der Waals surface area contributed by atoms with E-state index in [2.05, 4.69) is 4.98 Å². The summed E-state index contributed by atoms with van der Waals surface area (Å²) in [4.78, 5) is 31.1. The lowest BCUT2D eigenvalue weighted by Gasteiger charge is -2.20. The Morgan fingerprint density at radius 3 is 3.12 bits per heavy atom. The predicted octanol–water partition coefficient (Wildman–Crippen LogP) is 0.793. The fourth-order valence-electron chi connectivity index (χ4n) is 2.53. The summed E-state index contributed by atoms with van der Waals surface area (Å²) in [6, 6.07) is 5.21. The lowest BCUT2D eigenvalue weighted by molar-refractivity contribution is -0.135. The highest BCUT2D eigenvalue weighted by molar-refractivity contribution is 8.23. The third-order valence-corrected chi connectivity index (χ3v) is 5.22. The van der Waals surface area contributed by atoms with Crippen LogP contribution in [0.3, 0.4) is 0 Å². The molecule has 9 heteroatoms. The van der Waals surface area contributed by atoms with Crippen LogP contribution in [-0.4, -0.2) is 62.4 Å². The zero-order valence-corrected chi connectivity index (χ0v) is 14.3. The second kappa shape index (κ2) is 7.15. The number of carbonyl (C=O) groups is 2. The van der Waals surface area contributed by atoms with E-state index in [1.54, 1.807) is 17.0 Å². The van der Waals surface area contributed by atoms with Gasteiger partial charge in [0.2, 0.25) is 17.7 Å². The molecule has 7 nitrogen and oxygen atoms in total. The number of thioether (sulfide) groups is 1. The van der Waals surface area contributed by atoms with Gasteiger partial charge in [0.25, 0.3) is 0 Å². The van der Waals surface area contributed by atoms with E-state index in [0.717, 1.165) is 0 Å². The molecule has 2 fully saturated rings. The molecule has 3 heterocycles. The monoisotopic (exact) mass is 362 g/mol. The van der Waals surface area contributed by atoms with E-state index >= 15 is 0 Å². The first kappa shape index (κ1) is 16.7. The molecule has 0 bridgehead atoms. The van der Waals surface area contributed by atoms with E-state index in [-0.39, 0.29) is 24.5 Å². The van der Waals surface area contributed by atoms with E-state index < -0.39 is 0 Å². The summed E-state index contributed by atoms with van der Waals surface area (Å²) in [6.45, 7) is 0.974. The van der Waals surface area contributed by atoms with Crippen molar-refractivity contribution in [3.05, 3.63) is 23.9 Å². The summed E-state index contributed by atoms with van der Waals surface area (Å²) >= 11 is 6.36. The summed E-state index contributed by atoms with van der Waals surface area (Å²) in [5.41, 5.74) is 0.476. The third kappa shape index (κ3) is 3.66. The minimum atomic E-state index is -0.175. The quantitative estimate of drug-likeness (QED) is 0.732. The first-order valence-electron chi connectivity index (χ1n) is 7.34. The van der Waals surface area contributed by atoms with Crippen molar-refractivity contribution in [3.8, 4) is 11.9 Å². The summed E-state index contributed by atoms with van der Waals surface area (Å²) in [5.74, 6) is 0.417. The molecule has 0 spiro atoms. The molecule has 0 aliphatic carbocycles. The molecule has 0 radical (unpaired) electrons. The first-order chi connectivity index (χ1) is 11.6. The number of thiocarbonyl (C=S) groups is 1. The summed E-state index contributed by atoms with van der Waals surface area (Å²) in [7, 11) is 0. The van der Waals surface area contributed by atoms with Gasteiger partial charge in [-0.3, -0.25) is 14.5 Å². The fraction of sp³-hybridized carbons (Fsp3) is 0.400. The molecular weight excluding hydrogens is 348 g/mol. The Hall–Kier alpha value is -2.18. The molecule has 24 heavy (non-hydrogen) atoms. The Bertz CT molecular complexity index is 718. The van der Waals surface area contributed by atoms with Gasteiger partial charge in [-0.25, -0.2) is 4.98 Å². The lowest BCUT2D eigenvalue weighted by Crippen LogP contribution is -2.41. The van der Waals surface area contributed by atoms with Crippen LogP contribution in [0.25, 0.3) is 0 Å². The molecule has 0 N–H and O–H groups in total. The van der Waals surface area contributed by atoms with Crippen LogP contribution < -0.4 is 4.74 Å². The van der Waals surface area contributed by atoms with Crippen molar-refractivity contribution in [2.24, 2.45) is 0 Å². The SMILES string of the molecule is N#Cc1ccnc(OC2CCN(C(=O)CN3C(=O)CSC3=S)C2)c1. The highest BCUT2D eigenvalue weighted by Crippen LogP contribution is 2.21. The van der Waals surface area contributed by atoms with Crippen molar-refractivity contribution in [1.29, 1.82) is 5.26 Å². The molecule has 1 aromatic heterocycles. The van der Waals surface area contributed by atoms with E-state index in [4.69, 9.17) is 22.2 Å². The van der Waals surface area contributed by atoms with Crippen LogP contribution in [0.15, 0.2) is 18.3 Å². The summed E-state index contributed by atoms with van der Waals surface area (Å²) in [5, 5.41) is 8.89. The number of amides is 2. The minimum Gasteiger partial charge on any atom is -0.472 e. The third-order valence-electron chi connectivity index (χ3n) is 3.78. The molecular formula is C15H14N4O3S2. The number of carbonyl (C=O) groups excluding carboxylic acids is 2. The van der Waals surface area contributed by atoms with Crippen molar-refractivity contribution in [2.45, 2.75) is 12.5 Å². The van der Waals surface area contributed by atoms with Gasteiger partial charge >= 0.3 is 0 Å². The topological polar surface area (TPSA) is 86.5 Å². The largest absolute Gasteiger partial charge is 0.472 e. The average Bonchev–Trinajstić information content (AvgIpc) is 3.17. The van der Waals surface area contributed by atoms with Gasteiger partial charge < -0.3 is 9.64 Å². The van der Waals surface area contributed by atoms with E-state index in [1.165, 1.54) is 22.9 Å². The minimum absolute atomic E-state index is 0.0143. The van der Waals surface area contributed by atoms with Crippen molar-refractivity contribution in [1.82, 2.24) is 14.8 Å². The van der Waals surface area contributed by atoms with Crippen LogP contribution in [0.4, 0.5) is 0 Å². The maximum atomic E-state index is 12.3. The number of pyridine rings is 1. The highest BCUT2D eigenvalue weighted by Gasteiger charge is 2.33. The van der Waals surface area contributed by atoms with Crippen LogP contribution in [-0.2, 0) is 9.59 Å². The van der Waals surface area contributed by atoms with E-state index in [1.807, 2.05) is 6.07 Å². The Morgan fingerprint density at radius 2 is 2.42 bits per heavy atom. The molecule has 0 saturated carbocycles. The molecule has 2 amide bonds. The molecule has 2 saturated heterocycles. The van der Waals surface area contributed by atoms with Gasteiger partial charge in [0.15, 0.2) is 0 Å². The second-order valence-corrected chi connectivity index (χ2v) is 7.01. The number of ether oxygens (including phenoxy) is 1. The highest BCUT2D eigenvalue weighted by atomic mass is 32.2. The van der Waals surface area contributed by atoms with Crippen LogP contribution in [0.1, 0.15) is 12.0 Å². The average molecular weight is 362 g/mol. The van der Waals surface area contributed by atoms with Crippen LogP contribution in [0.2, 0.25) is 0 Å². The standard InChI is InChI=1S/C15H14N4O3S2/c16-6-10-1-3-17-12(5-10)22-11-2-4-18(7-11)13(20)8-19-14(21)9-24-15(19)23/h1,3,5,11H,2,4,7-9H2. The van der Waals surface area contributed by atoms with Gasteiger partial charge in [-0.2, -0.15) is 5.26 Å². The van der Waals surface area contributed by atoms with Gasteiger partial charge in [0.05, 0.1) is 23.9 Å². The van der Waals surface area contributed by atoms with Crippen molar-refractivity contribution in [2.75, 3.05) is 25.4 Å². The number of hydrogen-bond donors (Lipinski definition) is 0. The number of likely N-dealkylation sites (tertiary alicyclic amines) is 1. The molecule has 0 aromatic carbocycles. The van der Waals surface area contributed by atoms with E-state index in [0.29, 0.717) is 41.0 Å². The van der Waals surface area contributed by atoms with Gasteiger partial charge in [-0.1, -0.05) is 24.0 Å². The Morgan fingerprint density at radius 1 is 1.58 bits per heavy atom. The van der Waals surface area contributed by atoms with E-state index in [9.17, 15) is 9.59 Å². The molecule has 2 aliphatic heterocycles. The molecule has 1 aromatic rings. The Labute approximate surface area is 148 Å². The Kier molecular flexibility index (Phi) is 4.97. The molecule has 2 aliphatic rings. The van der Waals surface area contributed by atoms with Crippen molar-refractivity contribution >= 4 is 40.1 Å². The Balaban J connectivity index is 1.55. The number of aromatic nitrogens is 1. The van der Waals surface area contributed by atoms with Crippen LogP contribution in [0.5, 0.6) is 5.88 Å².